The van der Waals surface area contributed by atoms with Gasteiger partial charge in [-0.15, -0.1) is 0 Å². The highest BCUT2D eigenvalue weighted by atomic mass is 15.1. The summed E-state index contributed by atoms with van der Waals surface area (Å²) in [7, 11) is 0. The number of fused-ring (bicyclic) bond motifs is 5. The van der Waals surface area contributed by atoms with Gasteiger partial charge in [0.25, 0.3) is 0 Å². The van der Waals surface area contributed by atoms with Crippen LogP contribution in [0.15, 0.2) is 115 Å². The standard InChI is InChI=1S/C31H25N/c1-31(2)28-16-10-9-15-27(28)30-26-19-18-25(21-22(26)17-20-29(30)31)32(23-11-5-3-6-12-23)24-13-7-4-8-14-24/h3-21H,1-2H3. The van der Waals surface area contributed by atoms with Crippen molar-refractivity contribution in [3.8, 4) is 11.1 Å². The first-order valence-electron chi connectivity index (χ1n) is 11.2. The summed E-state index contributed by atoms with van der Waals surface area (Å²) in [5.41, 5.74) is 9.11. The molecule has 5 aromatic rings. The summed E-state index contributed by atoms with van der Waals surface area (Å²) in [6.45, 7) is 4.68. The Labute approximate surface area is 189 Å². The van der Waals surface area contributed by atoms with E-state index < -0.39 is 0 Å². The topological polar surface area (TPSA) is 3.24 Å². The second kappa shape index (κ2) is 7.10. The normalized spacial score (nSPS) is 13.6. The molecule has 0 aliphatic heterocycles. The number of nitrogens with zero attached hydrogens (tertiary/aromatic N) is 1. The Balaban J connectivity index is 1.57. The summed E-state index contributed by atoms with van der Waals surface area (Å²) in [6.07, 6.45) is 0. The summed E-state index contributed by atoms with van der Waals surface area (Å²) < 4.78 is 0. The largest absolute Gasteiger partial charge is 0.310 e. The van der Waals surface area contributed by atoms with E-state index in [1.54, 1.807) is 0 Å². The second-order valence-electron chi connectivity index (χ2n) is 9.07. The van der Waals surface area contributed by atoms with E-state index in [9.17, 15) is 0 Å². The predicted octanol–water partition coefficient (Wildman–Crippen LogP) is 8.62. The van der Waals surface area contributed by atoms with Gasteiger partial charge in [-0.1, -0.05) is 92.7 Å². The SMILES string of the molecule is CC1(C)c2ccccc2-c2c1ccc1cc(N(c3ccccc3)c3ccccc3)ccc21. The molecule has 0 N–H and O–H groups in total. The number of benzene rings is 5. The van der Waals surface area contributed by atoms with Gasteiger partial charge in [-0.25, -0.2) is 0 Å². The Kier molecular flexibility index (Phi) is 4.19. The number of hydrogen-bond acceptors (Lipinski definition) is 1. The fourth-order valence-corrected chi connectivity index (χ4v) is 5.26. The Bertz CT molecular complexity index is 1390. The van der Waals surface area contributed by atoms with Gasteiger partial charge in [-0.2, -0.15) is 0 Å². The smallest absolute Gasteiger partial charge is 0.0468 e. The lowest BCUT2D eigenvalue weighted by atomic mass is 9.82. The fourth-order valence-electron chi connectivity index (χ4n) is 5.26. The predicted molar refractivity (Wildman–Crippen MR) is 136 cm³/mol. The van der Waals surface area contributed by atoms with Crippen molar-refractivity contribution >= 4 is 27.8 Å². The highest BCUT2D eigenvalue weighted by molar-refractivity contribution is 6.04. The van der Waals surface area contributed by atoms with Crippen LogP contribution in [0.2, 0.25) is 0 Å². The van der Waals surface area contributed by atoms with Crippen molar-refractivity contribution in [1.29, 1.82) is 0 Å². The monoisotopic (exact) mass is 411 g/mol. The van der Waals surface area contributed by atoms with E-state index in [-0.39, 0.29) is 5.41 Å². The lowest BCUT2D eigenvalue weighted by Crippen LogP contribution is -2.14. The van der Waals surface area contributed by atoms with Crippen LogP contribution in [0.3, 0.4) is 0 Å². The van der Waals surface area contributed by atoms with Crippen molar-refractivity contribution in [1.82, 2.24) is 0 Å². The molecule has 0 spiro atoms. The van der Waals surface area contributed by atoms with Gasteiger partial charge in [0.2, 0.25) is 0 Å². The maximum Gasteiger partial charge on any atom is 0.0468 e. The molecule has 1 nitrogen and oxygen atoms in total. The van der Waals surface area contributed by atoms with Crippen LogP contribution >= 0.6 is 0 Å². The van der Waals surface area contributed by atoms with E-state index >= 15 is 0 Å². The second-order valence-corrected chi connectivity index (χ2v) is 9.07. The van der Waals surface area contributed by atoms with Crippen LogP contribution in [-0.4, -0.2) is 0 Å². The molecule has 0 fully saturated rings. The highest BCUT2D eigenvalue weighted by Gasteiger charge is 2.36. The van der Waals surface area contributed by atoms with E-state index in [2.05, 4.69) is 134 Å². The van der Waals surface area contributed by atoms with Crippen LogP contribution in [0.25, 0.3) is 21.9 Å². The third-order valence-corrected chi connectivity index (χ3v) is 6.83. The number of rotatable bonds is 3. The Hall–Kier alpha value is -3.84. The van der Waals surface area contributed by atoms with Crippen molar-refractivity contribution in [3.05, 3.63) is 126 Å². The zero-order valence-corrected chi connectivity index (χ0v) is 18.4. The molecule has 0 amide bonds. The van der Waals surface area contributed by atoms with E-state index in [1.165, 1.54) is 38.7 Å². The van der Waals surface area contributed by atoms with Gasteiger partial charge in [0, 0.05) is 22.5 Å². The molecule has 0 heterocycles. The van der Waals surface area contributed by atoms with Crippen molar-refractivity contribution in [3.63, 3.8) is 0 Å². The summed E-state index contributed by atoms with van der Waals surface area (Å²) in [4.78, 5) is 2.32. The van der Waals surface area contributed by atoms with Gasteiger partial charge >= 0.3 is 0 Å². The molecule has 32 heavy (non-hydrogen) atoms. The molecule has 5 aromatic carbocycles. The lowest BCUT2D eigenvalue weighted by Gasteiger charge is -2.26. The first kappa shape index (κ1) is 18.9. The minimum atomic E-state index is 0.0267. The third-order valence-electron chi connectivity index (χ3n) is 6.83. The molecule has 0 atom stereocenters. The molecule has 6 rings (SSSR count). The van der Waals surface area contributed by atoms with E-state index in [0.717, 1.165) is 11.4 Å². The first-order chi connectivity index (χ1) is 15.6. The molecule has 0 unspecified atom stereocenters. The summed E-state index contributed by atoms with van der Waals surface area (Å²) in [6, 6.07) is 41.6. The molecule has 1 heteroatoms. The molecule has 0 aromatic heterocycles. The maximum atomic E-state index is 2.34. The minimum absolute atomic E-state index is 0.0267. The molecule has 0 saturated heterocycles. The quantitative estimate of drug-likeness (QED) is 0.287. The first-order valence-corrected chi connectivity index (χ1v) is 11.2. The van der Waals surface area contributed by atoms with Crippen LogP contribution in [0, 0.1) is 0 Å². The summed E-state index contributed by atoms with van der Waals surface area (Å²) in [5.74, 6) is 0. The lowest BCUT2D eigenvalue weighted by molar-refractivity contribution is 0.661. The molecule has 0 radical (unpaired) electrons. The van der Waals surface area contributed by atoms with Crippen LogP contribution in [0.5, 0.6) is 0 Å². The molecule has 0 saturated carbocycles. The molecule has 154 valence electrons. The van der Waals surface area contributed by atoms with Gasteiger partial charge < -0.3 is 4.90 Å². The molecular weight excluding hydrogens is 386 g/mol. The van der Waals surface area contributed by atoms with Gasteiger partial charge in [0.05, 0.1) is 0 Å². The molecule has 1 aliphatic rings. The number of hydrogen-bond donors (Lipinski definition) is 0. The Morgan fingerprint density at radius 2 is 1.16 bits per heavy atom. The molecule has 1 aliphatic carbocycles. The summed E-state index contributed by atoms with van der Waals surface area (Å²) in [5, 5.41) is 2.59. The third kappa shape index (κ3) is 2.78. The van der Waals surface area contributed by atoms with Crippen molar-refractivity contribution in [2.45, 2.75) is 19.3 Å². The van der Waals surface area contributed by atoms with Crippen molar-refractivity contribution < 1.29 is 0 Å². The Morgan fingerprint density at radius 3 is 1.84 bits per heavy atom. The average Bonchev–Trinajstić information content (AvgIpc) is 3.08. The van der Waals surface area contributed by atoms with Gasteiger partial charge in [-0.05, 0) is 69.4 Å². The van der Waals surface area contributed by atoms with Gasteiger partial charge in [-0.3, -0.25) is 0 Å². The van der Waals surface area contributed by atoms with E-state index in [0.29, 0.717) is 0 Å². The molecular formula is C31H25N. The number of para-hydroxylation sites is 2. The van der Waals surface area contributed by atoms with Crippen LogP contribution in [-0.2, 0) is 5.41 Å². The maximum absolute atomic E-state index is 2.34. The van der Waals surface area contributed by atoms with Crippen LogP contribution in [0.1, 0.15) is 25.0 Å². The van der Waals surface area contributed by atoms with E-state index in [4.69, 9.17) is 0 Å². The van der Waals surface area contributed by atoms with Gasteiger partial charge in [0.1, 0.15) is 0 Å². The van der Waals surface area contributed by atoms with Crippen molar-refractivity contribution in [2.75, 3.05) is 4.90 Å². The Morgan fingerprint density at radius 1 is 0.531 bits per heavy atom. The zero-order chi connectivity index (χ0) is 21.7. The summed E-state index contributed by atoms with van der Waals surface area (Å²) >= 11 is 0. The van der Waals surface area contributed by atoms with Crippen LogP contribution in [0.4, 0.5) is 17.1 Å². The minimum Gasteiger partial charge on any atom is -0.310 e. The number of anilines is 3. The van der Waals surface area contributed by atoms with Crippen molar-refractivity contribution in [2.24, 2.45) is 0 Å². The van der Waals surface area contributed by atoms with E-state index in [1.807, 2.05) is 0 Å². The fraction of sp³-hybridized carbons (Fsp3) is 0.0968. The zero-order valence-electron chi connectivity index (χ0n) is 18.4. The molecule has 0 bridgehead atoms. The van der Waals surface area contributed by atoms with Crippen LogP contribution < -0.4 is 4.90 Å². The average molecular weight is 412 g/mol. The highest BCUT2D eigenvalue weighted by Crippen LogP contribution is 2.51. The van der Waals surface area contributed by atoms with Gasteiger partial charge in [0.15, 0.2) is 0 Å².